The molecule has 0 aromatic heterocycles. The lowest BCUT2D eigenvalue weighted by atomic mass is 9.84. The number of rotatable bonds is 1. The van der Waals surface area contributed by atoms with Gasteiger partial charge in [-0.3, -0.25) is 5.32 Å². The Morgan fingerprint density at radius 3 is 2.00 bits per heavy atom. The summed E-state index contributed by atoms with van der Waals surface area (Å²) in [7, 11) is 0. The number of aliphatic hydroxyl groups is 1. The van der Waals surface area contributed by atoms with Crippen molar-refractivity contribution in [1.82, 2.24) is 10.4 Å². The Morgan fingerprint density at radius 2 is 1.61 bits per heavy atom. The maximum absolute atomic E-state index is 10.7. The van der Waals surface area contributed by atoms with Crippen molar-refractivity contribution < 1.29 is 10.3 Å². The highest BCUT2D eigenvalue weighted by Crippen LogP contribution is 2.43. The molecule has 4 nitrogen and oxygen atoms in total. The normalized spacial score (nSPS) is 30.6. The average molecular weight is 315 g/mol. The molecular weight excluding hydrogens is 296 g/mol. The van der Waals surface area contributed by atoms with Crippen LogP contribution in [0.4, 0.5) is 0 Å². The van der Waals surface area contributed by atoms with Crippen molar-refractivity contribution in [1.29, 1.82) is 0 Å². The van der Waals surface area contributed by atoms with Gasteiger partial charge in [-0.25, -0.2) is 0 Å². The number of hydrogen-bond donors (Lipinski definition) is 3. The zero-order valence-electron chi connectivity index (χ0n) is 11.0. The summed E-state index contributed by atoms with van der Waals surface area (Å²) in [6.07, 6.45) is 0. The number of hydroxylamine groups is 2. The predicted molar refractivity (Wildman–Crippen MR) is 73.0 cm³/mol. The lowest BCUT2D eigenvalue weighted by Gasteiger charge is -2.37. The van der Waals surface area contributed by atoms with Gasteiger partial charge in [0.15, 0.2) is 0 Å². The van der Waals surface area contributed by atoms with E-state index in [1.54, 1.807) is 12.1 Å². The van der Waals surface area contributed by atoms with E-state index in [1.165, 1.54) is 0 Å². The number of halogens is 1. The molecule has 1 heterocycles. The summed E-state index contributed by atoms with van der Waals surface area (Å²) in [6.45, 7) is 7.67. The van der Waals surface area contributed by atoms with E-state index in [4.69, 9.17) is 0 Å². The topological polar surface area (TPSA) is 55.7 Å². The first-order valence-corrected chi connectivity index (χ1v) is 6.67. The first-order valence-electron chi connectivity index (χ1n) is 5.88. The summed E-state index contributed by atoms with van der Waals surface area (Å²) < 4.78 is 0.927. The maximum Gasteiger partial charge on any atom is 0.224 e. The van der Waals surface area contributed by atoms with Crippen molar-refractivity contribution in [3.05, 3.63) is 34.3 Å². The molecule has 1 atom stereocenters. The second kappa shape index (κ2) is 4.02. The van der Waals surface area contributed by atoms with Crippen molar-refractivity contribution in [2.45, 2.75) is 44.6 Å². The first-order chi connectivity index (χ1) is 8.11. The van der Waals surface area contributed by atoms with E-state index < -0.39 is 16.9 Å². The molecule has 1 saturated heterocycles. The summed E-state index contributed by atoms with van der Waals surface area (Å²) in [6, 6.07) is 7.22. The van der Waals surface area contributed by atoms with Crippen molar-refractivity contribution in [2.75, 3.05) is 0 Å². The van der Waals surface area contributed by atoms with Crippen LogP contribution in [0, 0.1) is 0 Å². The van der Waals surface area contributed by atoms with Crippen molar-refractivity contribution in [3.8, 4) is 0 Å². The molecule has 0 amide bonds. The van der Waals surface area contributed by atoms with E-state index in [9.17, 15) is 10.3 Å². The molecule has 0 spiro atoms. The first kappa shape index (κ1) is 14.0. The van der Waals surface area contributed by atoms with Crippen LogP contribution in [-0.2, 0) is 5.85 Å². The highest BCUT2D eigenvalue weighted by molar-refractivity contribution is 9.10. The van der Waals surface area contributed by atoms with Gasteiger partial charge >= 0.3 is 0 Å². The molecule has 18 heavy (non-hydrogen) atoms. The number of hydrogen-bond acceptors (Lipinski definition) is 4. The third-order valence-electron chi connectivity index (χ3n) is 4.10. The van der Waals surface area contributed by atoms with E-state index in [2.05, 4.69) is 21.2 Å². The van der Waals surface area contributed by atoms with Crippen LogP contribution in [0.1, 0.15) is 33.3 Å². The summed E-state index contributed by atoms with van der Waals surface area (Å²) in [4.78, 5) is 0. The van der Waals surface area contributed by atoms with Gasteiger partial charge in [0.2, 0.25) is 5.85 Å². The SMILES string of the molecule is CC1(C)NC(O)(c2ccc(Br)cc2)N(O)C1(C)C. The van der Waals surface area contributed by atoms with Gasteiger partial charge in [-0.1, -0.05) is 28.1 Å². The van der Waals surface area contributed by atoms with Crippen LogP contribution in [-0.4, -0.2) is 26.5 Å². The Bertz CT molecular complexity index is 459. The van der Waals surface area contributed by atoms with Crippen LogP contribution in [0.5, 0.6) is 0 Å². The van der Waals surface area contributed by atoms with Gasteiger partial charge in [-0.05, 0) is 39.8 Å². The molecular formula is C13H19BrN2O2. The predicted octanol–water partition coefficient (Wildman–Crippen LogP) is 2.40. The maximum atomic E-state index is 10.7. The van der Waals surface area contributed by atoms with E-state index >= 15 is 0 Å². The number of nitrogens with zero attached hydrogens (tertiary/aromatic N) is 1. The van der Waals surface area contributed by atoms with Crippen molar-refractivity contribution in [2.24, 2.45) is 0 Å². The Kier molecular flexibility index (Phi) is 3.11. The molecule has 100 valence electrons. The van der Waals surface area contributed by atoms with Crippen LogP contribution in [0.3, 0.4) is 0 Å². The molecule has 1 unspecified atom stereocenters. The fourth-order valence-corrected chi connectivity index (χ4v) is 2.45. The van der Waals surface area contributed by atoms with Gasteiger partial charge < -0.3 is 10.3 Å². The minimum atomic E-state index is -1.58. The molecule has 5 heteroatoms. The monoisotopic (exact) mass is 314 g/mol. The van der Waals surface area contributed by atoms with Crippen molar-refractivity contribution >= 4 is 15.9 Å². The molecule has 0 saturated carbocycles. The van der Waals surface area contributed by atoms with E-state index in [1.807, 2.05) is 39.8 Å². The molecule has 2 rings (SSSR count). The van der Waals surface area contributed by atoms with Crippen molar-refractivity contribution in [3.63, 3.8) is 0 Å². The smallest absolute Gasteiger partial charge is 0.224 e. The molecule has 1 fully saturated rings. The molecule has 0 aliphatic carbocycles. The van der Waals surface area contributed by atoms with E-state index in [0.717, 1.165) is 9.54 Å². The highest BCUT2D eigenvalue weighted by atomic mass is 79.9. The average Bonchev–Trinajstić information content (AvgIpc) is 2.38. The fraction of sp³-hybridized carbons (Fsp3) is 0.538. The lowest BCUT2D eigenvalue weighted by molar-refractivity contribution is -0.289. The Labute approximate surface area is 116 Å². The zero-order chi connectivity index (χ0) is 13.8. The quantitative estimate of drug-likeness (QED) is 0.745. The Morgan fingerprint density at radius 1 is 1.11 bits per heavy atom. The second-order valence-electron chi connectivity index (χ2n) is 5.80. The molecule has 1 aromatic rings. The van der Waals surface area contributed by atoms with Gasteiger partial charge in [0.05, 0.1) is 5.54 Å². The number of nitrogens with one attached hydrogen (secondary N) is 1. The minimum absolute atomic E-state index is 0.441. The van der Waals surface area contributed by atoms with Gasteiger partial charge in [-0.2, -0.15) is 0 Å². The zero-order valence-corrected chi connectivity index (χ0v) is 12.6. The van der Waals surface area contributed by atoms with Crippen LogP contribution >= 0.6 is 15.9 Å². The van der Waals surface area contributed by atoms with Crippen LogP contribution in [0.2, 0.25) is 0 Å². The Balaban J connectivity index is 2.47. The fourth-order valence-electron chi connectivity index (χ4n) is 2.19. The molecule has 1 aliphatic heterocycles. The second-order valence-corrected chi connectivity index (χ2v) is 6.72. The summed E-state index contributed by atoms with van der Waals surface area (Å²) in [5.74, 6) is -1.58. The molecule has 1 aromatic carbocycles. The van der Waals surface area contributed by atoms with Crippen LogP contribution in [0.15, 0.2) is 28.7 Å². The molecule has 0 bridgehead atoms. The number of benzene rings is 1. The molecule has 1 aliphatic rings. The molecule has 0 radical (unpaired) electrons. The van der Waals surface area contributed by atoms with Gasteiger partial charge in [0.25, 0.3) is 0 Å². The summed E-state index contributed by atoms with van der Waals surface area (Å²) in [5, 5.41) is 25.2. The minimum Gasteiger partial charge on any atom is -0.358 e. The third kappa shape index (κ3) is 1.82. The van der Waals surface area contributed by atoms with Gasteiger partial charge in [0.1, 0.15) is 0 Å². The van der Waals surface area contributed by atoms with Gasteiger partial charge in [-0.15, -0.1) is 5.06 Å². The van der Waals surface area contributed by atoms with Crippen LogP contribution < -0.4 is 5.32 Å². The van der Waals surface area contributed by atoms with Gasteiger partial charge in [0, 0.05) is 15.6 Å². The molecule has 3 N–H and O–H groups in total. The highest BCUT2D eigenvalue weighted by Gasteiger charge is 2.60. The van der Waals surface area contributed by atoms with E-state index in [-0.39, 0.29) is 0 Å². The largest absolute Gasteiger partial charge is 0.358 e. The lowest BCUT2D eigenvalue weighted by Crippen LogP contribution is -2.52. The summed E-state index contributed by atoms with van der Waals surface area (Å²) in [5.41, 5.74) is -0.440. The summed E-state index contributed by atoms with van der Waals surface area (Å²) >= 11 is 3.35. The van der Waals surface area contributed by atoms with E-state index in [0.29, 0.717) is 5.56 Å². The standard InChI is InChI=1S/C13H19BrN2O2/c1-11(2)12(3,4)16(18)13(17,15-11)9-5-7-10(14)8-6-9/h5-8,15,17-18H,1-4H3. The van der Waals surface area contributed by atoms with Crippen LogP contribution in [0.25, 0.3) is 0 Å². The third-order valence-corrected chi connectivity index (χ3v) is 4.63. The Hall–Kier alpha value is -0.460.